The molecule has 0 bridgehead atoms. The van der Waals surface area contributed by atoms with Crippen LogP contribution < -0.4 is 5.32 Å². The molecule has 0 radical (unpaired) electrons. The molecule has 0 aliphatic carbocycles. The van der Waals surface area contributed by atoms with Crippen LogP contribution in [0.25, 0.3) is 0 Å². The molecule has 0 spiro atoms. The first-order valence-corrected chi connectivity index (χ1v) is 8.21. The van der Waals surface area contributed by atoms with Gasteiger partial charge in [0.2, 0.25) is 0 Å². The minimum absolute atomic E-state index is 0.0216. The molecule has 2 atom stereocenters. The molecule has 0 aromatic heterocycles. The van der Waals surface area contributed by atoms with E-state index in [1.165, 1.54) is 16.7 Å². The van der Waals surface area contributed by atoms with Crippen molar-refractivity contribution in [2.75, 3.05) is 33.4 Å². The van der Waals surface area contributed by atoms with Gasteiger partial charge in [-0.05, 0) is 38.3 Å². The van der Waals surface area contributed by atoms with E-state index in [2.05, 4.69) is 37.4 Å². The molecule has 5 heteroatoms. The normalized spacial score (nSPS) is 19.5. The molecular weight excluding hydrogens is 292 g/mol. The Hall–Kier alpha value is -1.59. The lowest BCUT2D eigenvalue weighted by atomic mass is 10.00. The fourth-order valence-corrected chi connectivity index (χ4v) is 2.95. The van der Waals surface area contributed by atoms with Gasteiger partial charge in [0.25, 0.3) is 0 Å². The predicted molar refractivity (Wildman–Crippen MR) is 90.8 cm³/mol. The smallest absolute Gasteiger partial charge is 0.317 e. The summed E-state index contributed by atoms with van der Waals surface area (Å²) >= 11 is 0. The first-order valence-electron chi connectivity index (χ1n) is 8.21. The van der Waals surface area contributed by atoms with Gasteiger partial charge >= 0.3 is 6.03 Å². The van der Waals surface area contributed by atoms with Gasteiger partial charge < -0.3 is 19.7 Å². The minimum atomic E-state index is -0.0332. The van der Waals surface area contributed by atoms with Crippen molar-refractivity contribution in [3.63, 3.8) is 0 Å². The standard InChI is InChI=1S/C18H28N2O3/c1-13-5-6-16(14(2)9-13)10-15(3)19-18(21)20-7-8-23-17(11-20)12-22-4/h5-6,9,15,17H,7-8,10-12H2,1-4H3,(H,19,21). The first-order chi connectivity index (χ1) is 11.0. The highest BCUT2D eigenvalue weighted by molar-refractivity contribution is 5.74. The number of amides is 2. The molecule has 1 aliphatic rings. The Kier molecular flexibility index (Phi) is 6.42. The van der Waals surface area contributed by atoms with E-state index in [4.69, 9.17) is 9.47 Å². The van der Waals surface area contributed by atoms with Crippen molar-refractivity contribution in [1.29, 1.82) is 0 Å². The van der Waals surface area contributed by atoms with E-state index in [9.17, 15) is 4.79 Å². The van der Waals surface area contributed by atoms with Crippen LogP contribution in [-0.4, -0.2) is 56.5 Å². The average molecular weight is 320 g/mol. The summed E-state index contributed by atoms with van der Waals surface area (Å²) in [6, 6.07) is 6.52. The number of nitrogens with one attached hydrogen (secondary N) is 1. The summed E-state index contributed by atoms with van der Waals surface area (Å²) in [6.07, 6.45) is 0.804. The Morgan fingerprint density at radius 2 is 2.26 bits per heavy atom. The van der Waals surface area contributed by atoms with Crippen LogP contribution in [0.15, 0.2) is 18.2 Å². The van der Waals surface area contributed by atoms with E-state index in [1.807, 2.05) is 11.8 Å². The quantitative estimate of drug-likeness (QED) is 0.905. The van der Waals surface area contributed by atoms with E-state index in [1.54, 1.807) is 7.11 Å². The number of ether oxygens (including phenoxy) is 2. The predicted octanol–water partition coefficient (Wildman–Crippen LogP) is 2.29. The summed E-state index contributed by atoms with van der Waals surface area (Å²) in [5.41, 5.74) is 3.82. The zero-order valence-electron chi connectivity index (χ0n) is 14.6. The monoisotopic (exact) mass is 320 g/mol. The largest absolute Gasteiger partial charge is 0.382 e. The Bertz CT molecular complexity index is 531. The summed E-state index contributed by atoms with van der Waals surface area (Å²) in [5, 5.41) is 3.09. The van der Waals surface area contributed by atoms with Crippen LogP contribution in [0.3, 0.4) is 0 Å². The average Bonchev–Trinajstić information content (AvgIpc) is 2.51. The van der Waals surface area contributed by atoms with Gasteiger partial charge in [0.05, 0.1) is 25.9 Å². The van der Waals surface area contributed by atoms with Crippen LogP contribution in [0.5, 0.6) is 0 Å². The maximum absolute atomic E-state index is 12.4. The SMILES string of the molecule is COCC1CN(C(=O)NC(C)Cc2ccc(C)cc2C)CCO1. The highest BCUT2D eigenvalue weighted by Gasteiger charge is 2.24. The number of rotatable bonds is 5. The number of carbonyl (C=O) groups is 1. The summed E-state index contributed by atoms with van der Waals surface area (Å²) < 4.78 is 10.7. The van der Waals surface area contributed by atoms with Crippen LogP contribution in [0, 0.1) is 13.8 Å². The molecule has 1 saturated heterocycles. The maximum atomic E-state index is 12.4. The van der Waals surface area contributed by atoms with Gasteiger partial charge in [-0.1, -0.05) is 23.8 Å². The van der Waals surface area contributed by atoms with Crippen molar-refractivity contribution in [2.24, 2.45) is 0 Å². The summed E-state index contributed by atoms with van der Waals surface area (Å²) in [7, 11) is 1.65. The molecular formula is C18H28N2O3. The van der Waals surface area contributed by atoms with Crippen LogP contribution in [0.2, 0.25) is 0 Å². The fourth-order valence-electron chi connectivity index (χ4n) is 2.95. The molecule has 1 aromatic rings. The summed E-state index contributed by atoms with van der Waals surface area (Å²) in [6.45, 7) is 8.54. The third kappa shape index (κ3) is 5.22. The molecule has 1 N–H and O–H groups in total. The maximum Gasteiger partial charge on any atom is 0.317 e. The molecule has 128 valence electrons. The van der Waals surface area contributed by atoms with Crippen LogP contribution in [0.4, 0.5) is 4.79 Å². The van der Waals surface area contributed by atoms with Crippen LogP contribution >= 0.6 is 0 Å². The highest BCUT2D eigenvalue weighted by Crippen LogP contribution is 2.13. The van der Waals surface area contributed by atoms with Crippen LogP contribution in [-0.2, 0) is 15.9 Å². The number of aryl methyl sites for hydroxylation is 2. The molecule has 1 heterocycles. The Morgan fingerprint density at radius 3 is 2.96 bits per heavy atom. The van der Waals surface area contributed by atoms with E-state index in [0.29, 0.717) is 26.3 Å². The lowest BCUT2D eigenvalue weighted by molar-refractivity contribution is -0.0496. The van der Waals surface area contributed by atoms with Gasteiger partial charge in [-0.25, -0.2) is 4.79 Å². The number of urea groups is 1. The van der Waals surface area contributed by atoms with Gasteiger partial charge in [0.15, 0.2) is 0 Å². The molecule has 1 aromatic carbocycles. The Morgan fingerprint density at radius 1 is 1.48 bits per heavy atom. The molecule has 2 amide bonds. The zero-order chi connectivity index (χ0) is 16.8. The van der Waals surface area contributed by atoms with Crippen molar-refractivity contribution < 1.29 is 14.3 Å². The second-order valence-electron chi connectivity index (χ2n) is 6.38. The van der Waals surface area contributed by atoms with Gasteiger partial charge in [-0.15, -0.1) is 0 Å². The third-order valence-corrected chi connectivity index (χ3v) is 4.17. The summed E-state index contributed by atoms with van der Waals surface area (Å²) in [4.78, 5) is 14.2. The summed E-state index contributed by atoms with van der Waals surface area (Å²) in [5.74, 6) is 0. The second kappa shape index (κ2) is 8.31. The number of benzene rings is 1. The van der Waals surface area contributed by atoms with E-state index < -0.39 is 0 Å². The van der Waals surface area contributed by atoms with Crippen molar-refractivity contribution in [3.05, 3.63) is 34.9 Å². The number of hydrogen-bond donors (Lipinski definition) is 1. The number of methoxy groups -OCH3 is 1. The van der Waals surface area contributed by atoms with Crippen molar-refractivity contribution in [1.82, 2.24) is 10.2 Å². The highest BCUT2D eigenvalue weighted by atomic mass is 16.5. The Balaban J connectivity index is 1.86. The van der Waals surface area contributed by atoms with Gasteiger partial charge in [-0.3, -0.25) is 0 Å². The number of morpholine rings is 1. The molecule has 1 aliphatic heterocycles. The van der Waals surface area contributed by atoms with Crippen LogP contribution in [0.1, 0.15) is 23.6 Å². The van der Waals surface area contributed by atoms with E-state index in [-0.39, 0.29) is 18.2 Å². The third-order valence-electron chi connectivity index (χ3n) is 4.17. The molecule has 1 fully saturated rings. The van der Waals surface area contributed by atoms with Crippen molar-refractivity contribution in [2.45, 2.75) is 39.3 Å². The molecule has 2 unspecified atom stereocenters. The first kappa shape index (κ1) is 17.8. The van der Waals surface area contributed by atoms with Gasteiger partial charge in [-0.2, -0.15) is 0 Å². The molecule has 2 rings (SSSR count). The topological polar surface area (TPSA) is 50.8 Å². The van der Waals surface area contributed by atoms with E-state index >= 15 is 0 Å². The molecule has 5 nitrogen and oxygen atoms in total. The van der Waals surface area contributed by atoms with Gasteiger partial charge in [0.1, 0.15) is 0 Å². The Labute approximate surface area is 139 Å². The molecule has 23 heavy (non-hydrogen) atoms. The minimum Gasteiger partial charge on any atom is -0.382 e. The van der Waals surface area contributed by atoms with Gasteiger partial charge in [0, 0.05) is 19.7 Å². The van der Waals surface area contributed by atoms with E-state index in [0.717, 1.165) is 6.42 Å². The van der Waals surface area contributed by atoms with Crippen molar-refractivity contribution in [3.8, 4) is 0 Å². The fraction of sp³-hybridized carbons (Fsp3) is 0.611. The number of nitrogens with zero attached hydrogens (tertiary/aromatic N) is 1. The lowest BCUT2D eigenvalue weighted by Crippen LogP contribution is -2.52. The number of hydrogen-bond acceptors (Lipinski definition) is 3. The second-order valence-corrected chi connectivity index (χ2v) is 6.38. The van der Waals surface area contributed by atoms with Crippen molar-refractivity contribution >= 4 is 6.03 Å². The molecule has 0 saturated carbocycles. The lowest BCUT2D eigenvalue weighted by Gasteiger charge is -2.33. The zero-order valence-corrected chi connectivity index (χ0v) is 14.6. The number of carbonyl (C=O) groups excluding carboxylic acids is 1.